The van der Waals surface area contributed by atoms with E-state index >= 15 is 0 Å². The summed E-state index contributed by atoms with van der Waals surface area (Å²) in [5, 5.41) is 3.49. The highest BCUT2D eigenvalue weighted by Gasteiger charge is 2.29. The average molecular weight is 276 g/mol. The van der Waals surface area contributed by atoms with Gasteiger partial charge in [0.25, 0.3) is 0 Å². The second-order valence-corrected chi connectivity index (χ2v) is 7.38. The summed E-state index contributed by atoms with van der Waals surface area (Å²) < 4.78 is 0. The zero-order valence-corrected chi connectivity index (χ0v) is 13.5. The fourth-order valence-electron chi connectivity index (χ4n) is 2.94. The van der Waals surface area contributed by atoms with E-state index < -0.39 is 0 Å². The topological polar surface area (TPSA) is 50.7 Å². The van der Waals surface area contributed by atoms with Gasteiger partial charge in [0.05, 0.1) is 0 Å². The fraction of sp³-hybridized carbons (Fsp3) is 0.812. The highest BCUT2D eigenvalue weighted by Crippen LogP contribution is 2.38. The quantitative estimate of drug-likeness (QED) is 0.906. The van der Waals surface area contributed by atoms with Crippen molar-refractivity contribution in [2.75, 3.05) is 5.32 Å². The third-order valence-electron chi connectivity index (χ3n) is 4.39. The third-order valence-corrected chi connectivity index (χ3v) is 4.39. The highest BCUT2D eigenvalue weighted by atomic mass is 15.2. The van der Waals surface area contributed by atoms with Crippen molar-refractivity contribution in [1.29, 1.82) is 0 Å². The largest absolute Gasteiger partial charge is 0.351 e. The Labute approximate surface area is 122 Å². The van der Waals surface area contributed by atoms with Crippen LogP contribution in [0.3, 0.4) is 0 Å². The smallest absolute Gasteiger partial charge is 0.226 e. The zero-order valence-electron chi connectivity index (χ0n) is 13.5. The molecule has 2 rings (SSSR count). The first-order valence-corrected chi connectivity index (χ1v) is 7.81. The first kappa shape index (κ1) is 15.2. The molecule has 1 aliphatic carbocycles. The van der Waals surface area contributed by atoms with Gasteiger partial charge in [0, 0.05) is 12.0 Å². The molecule has 0 bridgehead atoms. The molecule has 112 valence electrons. The molecule has 1 aromatic heterocycles. The van der Waals surface area contributed by atoms with Crippen LogP contribution in [-0.2, 0) is 0 Å². The lowest BCUT2D eigenvalue weighted by molar-refractivity contribution is 0.173. The second-order valence-electron chi connectivity index (χ2n) is 7.38. The van der Waals surface area contributed by atoms with Gasteiger partial charge in [-0.1, -0.05) is 34.6 Å². The number of anilines is 1. The monoisotopic (exact) mass is 276 g/mol. The normalized spacial score (nSPS) is 23.9. The number of aromatic nitrogens is 3. The Morgan fingerprint density at radius 3 is 2.30 bits per heavy atom. The predicted octanol–water partition coefficient (Wildman–Crippen LogP) is 4.01. The zero-order chi connectivity index (χ0) is 14.8. The molecule has 1 N–H and O–H groups in total. The molecule has 1 aromatic rings. The number of nitrogens with zero attached hydrogens (tertiary/aromatic N) is 3. The van der Waals surface area contributed by atoms with Gasteiger partial charge in [0.1, 0.15) is 12.2 Å². The summed E-state index contributed by atoms with van der Waals surface area (Å²) in [7, 11) is 0. The summed E-state index contributed by atoms with van der Waals surface area (Å²) in [6.45, 7) is 11.3. The first-order valence-electron chi connectivity index (χ1n) is 7.81. The highest BCUT2D eigenvalue weighted by molar-refractivity contribution is 5.25. The molecule has 1 fully saturated rings. The molecule has 0 atom stereocenters. The molecular weight excluding hydrogens is 248 g/mol. The van der Waals surface area contributed by atoms with Crippen LogP contribution in [0.5, 0.6) is 0 Å². The summed E-state index contributed by atoms with van der Waals surface area (Å²) in [6.07, 6.45) is 6.63. The molecular formula is C16H28N4. The van der Waals surface area contributed by atoms with Crippen molar-refractivity contribution >= 4 is 5.95 Å². The molecule has 0 spiro atoms. The van der Waals surface area contributed by atoms with Gasteiger partial charge in [-0.3, -0.25) is 0 Å². The van der Waals surface area contributed by atoms with Gasteiger partial charge in [0.2, 0.25) is 5.95 Å². The van der Waals surface area contributed by atoms with Crippen molar-refractivity contribution in [2.45, 2.75) is 72.3 Å². The van der Waals surface area contributed by atoms with E-state index in [1.54, 1.807) is 6.33 Å². The van der Waals surface area contributed by atoms with Gasteiger partial charge in [-0.05, 0) is 37.0 Å². The van der Waals surface area contributed by atoms with Crippen LogP contribution in [0.25, 0.3) is 0 Å². The lowest BCUT2D eigenvalue weighted by atomic mass is 9.71. The minimum absolute atomic E-state index is 0.343. The van der Waals surface area contributed by atoms with Crippen LogP contribution >= 0.6 is 0 Å². The maximum atomic E-state index is 4.50. The Hall–Kier alpha value is -1.19. The van der Waals surface area contributed by atoms with E-state index in [1.807, 2.05) is 0 Å². The summed E-state index contributed by atoms with van der Waals surface area (Å²) in [6, 6.07) is 0.510. The second kappa shape index (κ2) is 6.06. The molecule has 1 heterocycles. The van der Waals surface area contributed by atoms with Gasteiger partial charge in [-0.25, -0.2) is 9.97 Å². The lowest BCUT2D eigenvalue weighted by Gasteiger charge is -2.37. The van der Waals surface area contributed by atoms with Crippen LogP contribution in [0, 0.1) is 11.3 Å². The minimum atomic E-state index is 0.343. The Morgan fingerprint density at radius 1 is 1.10 bits per heavy atom. The maximum Gasteiger partial charge on any atom is 0.226 e. The maximum absolute atomic E-state index is 4.50. The number of hydrogen-bond donors (Lipinski definition) is 1. The molecule has 0 saturated heterocycles. The summed E-state index contributed by atoms with van der Waals surface area (Å²) in [5.41, 5.74) is 0.433. The summed E-state index contributed by atoms with van der Waals surface area (Å²) in [4.78, 5) is 13.0. The van der Waals surface area contributed by atoms with Gasteiger partial charge >= 0.3 is 0 Å². The molecule has 20 heavy (non-hydrogen) atoms. The Morgan fingerprint density at radius 2 is 1.75 bits per heavy atom. The molecule has 4 nitrogen and oxygen atoms in total. The van der Waals surface area contributed by atoms with E-state index in [4.69, 9.17) is 0 Å². The Bertz CT molecular complexity index is 428. The standard InChI is InChI=1S/C16H28N4/c1-11(2)14-17-10-18-15(20-14)19-13-8-6-12(7-9-13)16(3,4)5/h10-13H,6-9H2,1-5H3,(H,17,18,19,20). The average Bonchev–Trinajstić information content (AvgIpc) is 2.38. The van der Waals surface area contributed by atoms with Crippen LogP contribution in [0.15, 0.2) is 6.33 Å². The lowest BCUT2D eigenvalue weighted by Crippen LogP contribution is -2.32. The van der Waals surface area contributed by atoms with Crippen LogP contribution in [0.2, 0.25) is 0 Å². The summed E-state index contributed by atoms with van der Waals surface area (Å²) in [5.74, 6) is 2.79. The molecule has 1 aliphatic rings. The van der Waals surface area contributed by atoms with Crippen molar-refractivity contribution < 1.29 is 0 Å². The van der Waals surface area contributed by atoms with Crippen LogP contribution in [0.1, 0.15) is 72.0 Å². The van der Waals surface area contributed by atoms with Gasteiger partial charge in [0.15, 0.2) is 0 Å². The first-order chi connectivity index (χ1) is 9.36. The SMILES string of the molecule is CC(C)c1ncnc(NC2CCC(C(C)(C)C)CC2)n1. The van der Waals surface area contributed by atoms with E-state index in [2.05, 4.69) is 54.9 Å². The van der Waals surface area contributed by atoms with E-state index in [1.165, 1.54) is 25.7 Å². The molecule has 0 aliphatic heterocycles. The van der Waals surface area contributed by atoms with Crippen LogP contribution in [0.4, 0.5) is 5.95 Å². The van der Waals surface area contributed by atoms with Crippen molar-refractivity contribution in [2.24, 2.45) is 11.3 Å². The number of nitrogens with one attached hydrogen (secondary N) is 1. The molecule has 0 amide bonds. The van der Waals surface area contributed by atoms with Crippen LogP contribution in [-0.4, -0.2) is 21.0 Å². The molecule has 0 unspecified atom stereocenters. The molecule has 0 aromatic carbocycles. The van der Waals surface area contributed by atoms with E-state index in [9.17, 15) is 0 Å². The van der Waals surface area contributed by atoms with Crippen molar-refractivity contribution in [1.82, 2.24) is 15.0 Å². The van der Waals surface area contributed by atoms with E-state index in [0.717, 1.165) is 17.7 Å². The van der Waals surface area contributed by atoms with Crippen molar-refractivity contribution in [3.05, 3.63) is 12.2 Å². The fourth-order valence-corrected chi connectivity index (χ4v) is 2.94. The third kappa shape index (κ3) is 3.90. The van der Waals surface area contributed by atoms with Crippen molar-refractivity contribution in [3.63, 3.8) is 0 Å². The predicted molar refractivity (Wildman–Crippen MR) is 82.7 cm³/mol. The number of rotatable bonds is 3. The Balaban J connectivity index is 1.91. The van der Waals surface area contributed by atoms with Gasteiger partial charge in [-0.15, -0.1) is 0 Å². The van der Waals surface area contributed by atoms with Crippen LogP contribution < -0.4 is 5.32 Å². The molecule has 4 heteroatoms. The van der Waals surface area contributed by atoms with E-state index in [-0.39, 0.29) is 0 Å². The minimum Gasteiger partial charge on any atom is -0.351 e. The molecule has 0 radical (unpaired) electrons. The van der Waals surface area contributed by atoms with Gasteiger partial charge < -0.3 is 5.32 Å². The van der Waals surface area contributed by atoms with Crippen molar-refractivity contribution in [3.8, 4) is 0 Å². The number of hydrogen-bond acceptors (Lipinski definition) is 4. The van der Waals surface area contributed by atoms with E-state index in [0.29, 0.717) is 17.4 Å². The summed E-state index contributed by atoms with van der Waals surface area (Å²) >= 11 is 0. The van der Waals surface area contributed by atoms with Gasteiger partial charge in [-0.2, -0.15) is 4.98 Å². The Kier molecular flexibility index (Phi) is 4.61. The molecule has 1 saturated carbocycles.